The van der Waals surface area contributed by atoms with Gasteiger partial charge in [-0.05, 0) is 107 Å². The van der Waals surface area contributed by atoms with Crippen LogP contribution in [0.15, 0.2) is 176 Å². The lowest BCUT2D eigenvalue weighted by Crippen LogP contribution is -2.55. The highest BCUT2D eigenvalue weighted by Gasteiger charge is 2.61. The normalized spacial score (nSPS) is 20.8. The SMILES string of the molecule is N#Cc1cc(-c2ccc3c(c2)-c2ccccc2C32C3CC4CC(C3)CC2C4)c(-c2nc(-c3ccccc3)nc(-c3ccccc3)n2)cc1-c1nc(-c2ccccc2)nc(-c2ccccc2)n1. The van der Waals surface area contributed by atoms with Crippen LogP contribution in [0.1, 0.15) is 48.8 Å². The van der Waals surface area contributed by atoms with Gasteiger partial charge in [0, 0.05) is 38.8 Å². The lowest BCUT2D eigenvalue weighted by atomic mass is 9.43. The van der Waals surface area contributed by atoms with Crippen LogP contribution in [-0.4, -0.2) is 29.9 Å². The first kappa shape index (κ1) is 38.5. The van der Waals surface area contributed by atoms with Gasteiger partial charge in [-0.15, -0.1) is 0 Å². The maximum absolute atomic E-state index is 11.2. The molecule has 1 spiro atoms. The first-order chi connectivity index (χ1) is 32.6. The summed E-state index contributed by atoms with van der Waals surface area (Å²) in [6, 6.07) is 62.8. The molecule has 7 heteroatoms. The van der Waals surface area contributed by atoms with E-state index < -0.39 is 0 Å². The summed E-state index contributed by atoms with van der Waals surface area (Å²) in [6.45, 7) is 0. The standard InChI is InChI=1S/C59H43N7/c60-35-43-33-47(42-25-26-52-49(32-42)46-23-13-14-24-51(46)59(52)44-28-36-27-37(30-44)31-45(59)29-36)50(58-65-55(40-19-9-3-10-20-40)62-56(66-58)41-21-11-4-12-22-41)34-48(43)57-63-53(38-15-5-1-6-16-38)61-54(64-57)39-17-7-2-8-18-39/h1-26,32-34,36-37,44-45H,27-31H2. The molecule has 9 aromatic rings. The topological polar surface area (TPSA) is 101 Å². The van der Waals surface area contributed by atoms with E-state index in [4.69, 9.17) is 29.9 Å². The van der Waals surface area contributed by atoms with Crippen molar-refractivity contribution in [3.63, 3.8) is 0 Å². The van der Waals surface area contributed by atoms with E-state index in [1.807, 2.05) is 133 Å². The number of nitrogens with zero attached hydrogens (tertiary/aromatic N) is 7. The highest BCUT2D eigenvalue weighted by atomic mass is 15.0. The third-order valence-corrected chi connectivity index (χ3v) is 15.0. The number of hydrogen-bond acceptors (Lipinski definition) is 7. The van der Waals surface area contributed by atoms with Gasteiger partial charge in [0.2, 0.25) is 0 Å². The molecule has 314 valence electrons. The molecule has 0 radical (unpaired) electrons. The van der Waals surface area contributed by atoms with Gasteiger partial charge in [-0.2, -0.15) is 5.26 Å². The fraction of sp³-hybridized carbons (Fsp3) is 0.169. The minimum atomic E-state index is 0.0391. The average Bonchev–Trinajstić information content (AvgIpc) is 3.68. The van der Waals surface area contributed by atoms with Gasteiger partial charge in [0.1, 0.15) is 0 Å². The van der Waals surface area contributed by atoms with Crippen LogP contribution >= 0.6 is 0 Å². The molecular formula is C59H43N7. The summed E-state index contributed by atoms with van der Waals surface area (Å²) in [5, 5.41) is 11.2. The molecule has 0 aliphatic heterocycles. The van der Waals surface area contributed by atoms with E-state index in [1.165, 1.54) is 54.4 Å². The van der Waals surface area contributed by atoms with Crippen LogP contribution in [-0.2, 0) is 5.41 Å². The molecule has 14 rings (SSSR count). The Morgan fingerprint density at radius 3 is 1.26 bits per heavy atom. The maximum Gasteiger partial charge on any atom is 0.165 e. The lowest BCUT2D eigenvalue weighted by Gasteiger charge is -2.61. The van der Waals surface area contributed by atoms with E-state index in [0.717, 1.165) is 50.8 Å². The molecule has 2 heterocycles. The number of fused-ring (bicyclic) bond motifs is 3. The van der Waals surface area contributed by atoms with E-state index in [0.29, 0.717) is 57.9 Å². The zero-order valence-electron chi connectivity index (χ0n) is 36.2. The van der Waals surface area contributed by atoms with Crippen molar-refractivity contribution in [2.45, 2.75) is 37.5 Å². The Morgan fingerprint density at radius 2 is 0.773 bits per heavy atom. The largest absolute Gasteiger partial charge is 0.208 e. The van der Waals surface area contributed by atoms with Crippen LogP contribution < -0.4 is 0 Å². The Labute approximate surface area is 384 Å². The van der Waals surface area contributed by atoms with Gasteiger partial charge in [0.25, 0.3) is 0 Å². The molecule has 0 unspecified atom stereocenters. The zero-order valence-corrected chi connectivity index (χ0v) is 36.2. The summed E-state index contributed by atoms with van der Waals surface area (Å²) in [4.78, 5) is 30.8. The van der Waals surface area contributed by atoms with Crippen molar-refractivity contribution in [3.05, 3.63) is 193 Å². The van der Waals surface area contributed by atoms with Crippen LogP contribution in [0.3, 0.4) is 0 Å². The minimum absolute atomic E-state index is 0.0391. The third kappa shape index (κ3) is 6.16. The minimum Gasteiger partial charge on any atom is -0.208 e. The van der Waals surface area contributed by atoms with Crippen LogP contribution in [0.5, 0.6) is 0 Å². The Morgan fingerprint density at radius 1 is 0.348 bits per heavy atom. The Balaban J connectivity index is 1.06. The number of rotatable bonds is 7. The number of hydrogen-bond donors (Lipinski definition) is 0. The molecule has 4 fully saturated rings. The summed E-state index contributed by atoms with van der Waals surface area (Å²) in [5.74, 6) is 6.05. The van der Waals surface area contributed by atoms with Gasteiger partial charge in [-0.3, -0.25) is 0 Å². The van der Waals surface area contributed by atoms with E-state index in [9.17, 15) is 5.26 Å². The average molecular weight is 850 g/mol. The molecule has 0 amide bonds. The highest BCUT2D eigenvalue weighted by molar-refractivity contribution is 5.92. The Hall–Kier alpha value is -7.95. The van der Waals surface area contributed by atoms with Gasteiger partial charge < -0.3 is 0 Å². The van der Waals surface area contributed by atoms with E-state index in [1.54, 1.807) is 0 Å². The number of benzene rings is 7. The number of aromatic nitrogens is 6. The van der Waals surface area contributed by atoms with Crippen molar-refractivity contribution in [3.8, 4) is 96.7 Å². The molecule has 0 N–H and O–H groups in total. The quantitative estimate of drug-likeness (QED) is 0.157. The zero-order chi connectivity index (χ0) is 43.8. The lowest BCUT2D eigenvalue weighted by molar-refractivity contribution is -0.0399. The van der Waals surface area contributed by atoms with Gasteiger partial charge in [0.15, 0.2) is 34.9 Å². The molecule has 7 aromatic carbocycles. The van der Waals surface area contributed by atoms with Crippen LogP contribution in [0.25, 0.3) is 90.6 Å². The van der Waals surface area contributed by atoms with Crippen LogP contribution in [0.2, 0.25) is 0 Å². The van der Waals surface area contributed by atoms with Crippen molar-refractivity contribution >= 4 is 0 Å². The summed E-state index contributed by atoms with van der Waals surface area (Å²) in [7, 11) is 0. The molecule has 2 aromatic heterocycles. The molecule has 5 aliphatic rings. The molecule has 4 saturated carbocycles. The molecule has 4 bridgehead atoms. The Bertz CT molecular complexity index is 3240. The van der Waals surface area contributed by atoms with E-state index in [-0.39, 0.29) is 5.41 Å². The van der Waals surface area contributed by atoms with Gasteiger partial charge in [-0.25, -0.2) is 29.9 Å². The third-order valence-electron chi connectivity index (χ3n) is 15.0. The second kappa shape index (κ2) is 15.4. The van der Waals surface area contributed by atoms with Crippen molar-refractivity contribution < 1.29 is 0 Å². The molecular weight excluding hydrogens is 807 g/mol. The fourth-order valence-corrected chi connectivity index (χ4v) is 12.5. The molecule has 66 heavy (non-hydrogen) atoms. The summed E-state index contributed by atoms with van der Waals surface area (Å²) >= 11 is 0. The summed E-state index contributed by atoms with van der Waals surface area (Å²) < 4.78 is 0. The smallest absolute Gasteiger partial charge is 0.165 e. The predicted octanol–water partition coefficient (Wildman–Crippen LogP) is 13.3. The molecule has 5 aliphatic carbocycles. The van der Waals surface area contributed by atoms with Crippen molar-refractivity contribution in [1.82, 2.24) is 29.9 Å². The first-order valence-corrected chi connectivity index (χ1v) is 23.2. The van der Waals surface area contributed by atoms with Crippen molar-refractivity contribution in [2.24, 2.45) is 23.7 Å². The maximum atomic E-state index is 11.2. The van der Waals surface area contributed by atoms with Crippen molar-refractivity contribution in [2.75, 3.05) is 0 Å². The van der Waals surface area contributed by atoms with Crippen molar-refractivity contribution in [1.29, 1.82) is 5.26 Å². The van der Waals surface area contributed by atoms with E-state index in [2.05, 4.69) is 48.5 Å². The second-order valence-electron chi connectivity index (χ2n) is 18.6. The first-order valence-electron chi connectivity index (χ1n) is 23.2. The summed E-state index contributed by atoms with van der Waals surface area (Å²) in [6.07, 6.45) is 6.70. The van der Waals surface area contributed by atoms with E-state index >= 15 is 0 Å². The van der Waals surface area contributed by atoms with Gasteiger partial charge in [-0.1, -0.05) is 158 Å². The number of nitriles is 1. The second-order valence-corrected chi connectivity index (χ2v) is 18.6. The highest BCUT2D eigenvalue weighted by Crippen LogP contribution is 2.69. The van der Waals surface area contributed by atoms with Gasteiger partial charge in [0.05, 0.1) is 11.6 Å². The van der Waals surface area contributed by atoms with Crippen LogP contribution in [0.4, 0.5) is 0 Å². The molecule has 0 saturated heterocycles. The molecule has 0 atom stereocenters. The van der Waals surface area contributed by atoms with Gasteiger partial charge >= 0.3 is 0 Å². The fourth-order valence-electron chi connectivity index (χ4n) is 12.5. The Kier molecular flexibility index (Phi) is 8.96. The molecule has 7 nitrogen and oxygen atoms in total. The predicted molar refractivity (Wildman–Crippen MR) is 259 cm³/mol. The van der Waals surface area contributed by atoms with Crippen LogP contribution in [0, 0.1) is 35.0 Å². The monoisotopic (exact) mass is 849 g/mol. The summed E-state index contributed by atoms with van der Waals surface area (Å²) in [5.41, 5.74) is 12.7.